The minimum atomic E-state index is 0.429. The van der Waals surface area contributed by atoms with Gasteiger partial charge in [0.15, 0.2) is 0 Å². The molecule has 1 unspecified atom stereocenters. The molecule has 2 aromatic carbocycles. The summed E-state index contributed by atoms with van der Waals surface area (Å²) in [6.45, 7) is 24.7. The lowest BCUT2D eigenvalue weighted by Gasteiger charge is -2.22. The number of rotatable bonds is 9. The van der Waals surface area contributed by atoms with Crippen LogP contribution in [0.15, 0.2) is 54.6 Å². The van der Waals surface area contributed by atoms with Crippen LogP contribution < -0.4 is 0 Å². The van der Waals surface area contributed by atoms with Gasteiger partial charge in [0.2, 0.25) is 0 Å². The maximum Gasteiger partial charge on any atom is -0.000467 e. The van der Waals surface area contributed by atoms with Crippen molar-refractivity contribution in [2.75, 3.05) is 0 Å². The van der Waals surface area contributed by atoms with E-state index in [9.17, 15) is 0 Å². The molecule has 2 aromatic rings. The smallest absolute Gasteiger partial charge is 0.000467 e. The summed E-state index contributed by atoms with van der Waals surface area (Å²) >= 11 is 0. The highest BCUT2D eigenvalue weighted by atomic mass is 14.2. The fourth-order valence-corrected chi connectivity index (χ4v) is 4.58. The fourth-order valence-electron chi connectivity index (χ4n) is 4.58. The molecule has 0 aliphatic heterocycles. The Morgan fingerprint density at radius 1 is 0.576 bits per heavy atom. The van der Waals surface area contributed by atoms with Crippen LogP contribution in [0.5, 0.6) is 0 Å². The van der Waals surface area contributed by atoms with Crippen molar-refractivity contribution in [3.8, 4) is 0 Å². The third-order valence-electron chi connectivity index (χ3n) is 6.27. The summed E-state index contributed by atoms with van der Waals surface area (Å²) in [5.74, 6) is 2.60. The number of allylic oxidation sites excluding steroid dienone is 3. The van der Waals surface area contributed by atoms with Gasteiger partial charge in [-0.05, 0) is 69.4 Å². The molecular weight excluding hydrogens is 396 g/mol. The van der Waals surface area contributed by atoms with E-state index in [1.807, 2.05) is 13.8 Å². The zero-order chi connectivity index (χ0) is 25.1. The summed E-state index contributed by atoms with van der Waals surface area (Å²) in [7, 11) is 0. The van der Waals surface area contributed by atoms with Crippen LogP contribution in [-0.2, 0) is 0 Å². The van der Waals surface area contributed by atoms with E-state index in [1.165, 1.54) is 33.4 Å². The molecule has 0 heteroatoms. The molecule has 0 nitrogen and oxygen atoms in total. The standard InChI is InChI=1S/C31H44.C2H6/c1-21(2)26-17-13-18-27(22(3)4)30(26)16-12-10-11-15-25(9)31-28(23(5)6)19-14-20-29(31)24(7)8;1-2/h11-25H,10H2,1-9H3;1-2H3/b15-11-,16-12?;. The lowest BCUT2D eigenvalue weighted by atomic mass is 9.82. The highest BCUT2D eigenvalue weighted by Crippen LogP contribution is 2.34. The van der Waals surface area contributed by atoms with Gasteiger partial charge in [0.25, 0.3) is 0 Å². The average molecular weight is 447 g/mol. The summed E-state index contributed by atoms with van der Waals surface area (Å²) in [5, 5.41) is 0. The normalized spacial score (nSPS) is 12.9. The molecule has 0 spiro atoms. The van der Waals surface area contributed by atoms with E-state index in [1.54, 1.807) is 0 Å². The SMILES string of the molecule is CC.CC(C)c1cccc(C(C)C)c1C=CC/C=C\C(C)c1c(C(C)C)cccc1C(C)C. The molecule has 0 aromatic heterocycles. The number of hydrogen-bond acceptors (Lipinski definition) is 0. The van der Waals surface area contributed by atoms with Gasteiger partial charge >= 0.3 is 0 Å². The van der Waals surface area contributed by atoms with Crippen molar-refractivity contribution in [3.05, 3.63) is 88.0 Å². The molecule has 0 aliphatic rings. The van der Waals surface area contributed by atoms with Crippen molar-refractivity contribution in [3.63, 3.8) is 0 Å². The van der Waals surface area contributed by atoms with Crippen LogP contribution in [0, 0.1) is 0 Å². The molecule has 182 valence electrons. The summed E-state index contributed by atoms with van der Waals surface area (Å²) < 4.78 is 0. The molecule has 0 fully saturated rings. The van der Waals surface area contributed by atoms with Crippen molar-refractivity contribution >= 4 is 6.08 Å². The molecule has 0 heterocycles. The molecule has 33 heavy (non-hydrogen) atoms. The lowest BCUT2D eigenvalue weighted by Crippen LogP contribution is -2.05. The zero-order valence-electron chi connectivity index (χ0n) is 23.4. The van der Waals surface area contributed by atoms with E-state index < -0.39 is 0 Å². The van der Waals surface area contributed by atoms with E-state index in [4.69, 9.17) is 0 Å². The molecule has 2 rings (SSSR count). The molecule has 0 aliphatic carbocycles. The third kappa shape index (κ3) is 8.02. The van der Waals surface area contributed by atoms with Crippen molar-refractivity contribution in [1.29, 1.82) is 0 Å². The second-order valence-electron chi connectivity index (χ2n) is 10.2. The second kappa shape index (κ2) is 14.2. The lowest BCUT2D eigenvalue weighted by molar-refractivity contribution is 0.776. The first-order chi connectivity index (χ1) is 15.6. The van der Waals surface area contributed by atoms with Gasteiger partial charge in [0.05, 0.1) is 0 Å². The monoisotopic (exact) mass is 446 g/mol. The quantitative estimate of drug-likeness (QED) is 0.336. The summed E-state index contributed by atoms with van der Waals surface area (Å²) in [6.07, 6.45) is 10.4. The second-order valence-corrected chi connectivity index (χ2v) is 10.2. The Hall–Kier alpha value is -2.08. The van der Waals surface area contributed by atoms with E-state index in [0.29, 0.717) is 29.6 Å². The summed E-state index contributed by atoms with van der Waals surface area (Å²) in [5.41, 5.74) is 8.83. The Kier molecular flexibility index (Phi) is 12.5. The van der Waals surface area contributed by atoms with E-state index in [0.717, 1.165) is 6.42 Å². The fraction of sp³-hybridized carbons (Fsp3) is 0.515. The first kappa shape index (κ1) is 29.0. The van der Waals surface area contributed by atoms with Crippen molar-refractivity contribution in [2.45, 2.75) is 112 Å². The number of hydrogen-bond donors (Lipinski definition) is 0. The molecule has 0 saturated carbocycles. The first-order valence-electron chi connectivity index (χ1n) is 13.2. The molecule has 0 radical (unpaired) electrons. The highest BCUT2D eigenvalue weighted by molar-refractivity contribution is 5.60. The van der Waals surface area contributed by atoms with Gasteiger partial charge in [-0.15, -0.1) is 0 Å². The molecule has 0 N–H and O–H groups in total. The first-order valence-corrected chi connectivity index (χ1v) is 13.2. The Balaban J connectivity index is 0.00000265. The summed E-state index contributed by atoms with van der Waals surface area (Å²) in [6, 6.07) is 13.6. The van der Waals surface area contributed by atoms with Crippen LogP contribution >= 0.6 is 0 Å². The highest BCUT2D eigenvalue weighted by Gasteiger charge is 2.17. The van der Waals surface area contributed by atoms with Crippen molar-refractivity contribution in [2.24, 2.45) is 0 Å². The third-order valence-corrected chi connectivity index (χ3v) is 6.27. The van der Waals surface area contributed by atoms with Crippen LogP contribution in [0.3, 0.4) is 0 Å². The van der Waals surface area contributed by atoms with Crippen LogP contribution in [0.1, 0.15) is 146 Å². The van der Waals surface area contributed by atoms with Crippen LogP contribution in [-0.4, -0.2) is 0 Å². The van der Waals surface area contributed by atoms with Crippen molar-refractivity contribution < 1.29 is 0 Å². The van der Waals surface area contributed by atoms with Crippen LogP contribution in [0.2, 0.25) is 0 Å². The topological polar surface area (TPSA) is 0 Å². The van der Waals surface area contributed by atoms with E-state index in [-0.39, 0.29) is 0 Å². The maximum atomic E-state index is 2.40. The van der Waals surface area contributed by atoms with Crippen LogP contribution in [0.4, 0.5) is 0 Å². The van der Waals surface area contributed by atoms with Gasteiger partial charge in [-0.25, -0.2) is 0 Å². The van der Waals surface area contributed by atoms with Gasteiger partial charge in [-0.3, -0.25) is 0 Å². The van der Waals surface area contributed by atoms with Crippen LogP contribution in [0.25, 0.3) is 6.08 Å². The minimum Gasteiger partial charge on any atom is -0.0841 e. The van der Waals surface area contributed by atoms with Gasteiger partial charge in [-0.1, -0.05) is 137 Å². The van der Waals surface area contributed by atoms with Gasteiger partial charge in [0, 0.05) is 0 Å². The Morgan fingerprint density at radius 3 is 1.36 bits per heavy atom. The maximum absolute atomic E-state index is 2.40. The largest absolute Gasteiger partial charge is 0.0841 e. The Bertz CT molecular complexity index is 838. The molecule has 0 saturated heterocycles. The van der Waals surface area contributed by atoms with E-state index in [2.05, 4.69) is 123 Å². The van der Waals surface area contributed by atoms with E-state index >= 15 is 0 Å². The molecule has 0 amide bonds. The zero-order valence-corrected chi connectivity index (χ0v) is 23.4. The minimum absolute atomic E-state index is 0.429. The number of benzene rings is 2. The molecule has 0 bridgehead atoms. The average Bonchev–Trinajstić information content (AvgIpc) is 2.79. The predicted octanol–water partition coefficient (Wildman–Crippen LogP) is 11.0. The Labute approximate surface area is 206 Å². The summed E-state index contributed by atoms with van der Waals surface area (Å²) in [4.78, 5) is 0. The van der Waals surface area contributed by atoms with Crippen molar-refractivity contribution in [1.82, 2.24) is 0 Å². The van der Waals surface area contributed by atoms with Gasteiger partial charge in [0.1, 0.15) is 0 Å². The Morgan fingerprint density at radius 2 is 0.970 bits per heavy atom. The van der Waals surface area contributed by atoms with Gasteiger partial charge < -0.3 is 0 Å². The molecule has 1 atom stereocenters. The molecular formula is C33H50. The predicted molar refractivity (Wildman–Crippen MR) is 152 cm³/mol. The van der Waals surface area contributed by atoms with Gasteiger partial charge in [-0.2, -0.15) is 0 Å².